The van der Waals surface area contributed by atoms with Gasteiger partial charge in [-0.25, -0.2) is 0 Å². The van der Waals surface area contributed by atoms with Crippen molar-refractivity contribution in [1.29, 1.82) is 5.26 Å². The topological polar surface area (TPSA) is 33.5 Å². The number of nitriles is 1. The number of piperazine rings is 1. The fourth-order valence-electron chi connectivity index (χ4n) is 7.28. The zero-order chi connectivity index (χ0) is 24.3. The fraction of sp³-hybridized carbons (Fsp3) is 0.767. The largest absolute Gasteiger partial charge is 0.371 e. The Morgan fingerprint density at radius 3 is 2.11 bits per heavy atom. The summed E-state index contributed by atoms with van der Waals surface area (Å²) in [5.74, 6) is 0.849. The van der Waals surface area contributed by atoms with Crippen LogP contribution in [0.25, 0.3) is 0 Å². The Kier molecular flexibility index (Phi) is 9.44. The summed E-state index contributed by atoms with van der Waals surface area (Å²) in [6, 6.07) is 9.85. The van der Waals surface area contributed by atoms with Crippen LogP contribution in [-0.2, 0) is 0 Å². The van der Waals surface area contributed by atoms with Gasteiger partial charge in [-0.15, -0.1) is 12.4 Å². The second-order valence-corrected chi connectivity index (χ2v) is 12.9. The molecule has 35 heavy (non-hydrogen) atoms. The molecule has 1 saturated carbocycles. The summed E-state index contributed by atoms with van der Waals surface area (Å²) in [6.07, 6.45) is 8.45. The molecule has 4 nitrogen and oxygen atoms in total. The van der Waals surface area contributed by atoms with Crippen molar-refractivity contribution in [2.24, 2.45) is 16.7 Å². The Labute approximate surface area is 221 Å². The average molecular weight is 501 g/mol. The molecule has 0 atom stereocenters. The summed E-state index contributed by atoms with van der Waals surface area (Å²) in [5, 5.41) is 9.33. The number of benzene rings is 1. The summed E-state index contributed by atoms with van der Waals surface area (Å²) < 4.78 is 0. The van der Waals surface area contributed by atoms with Gasteiger partial charge in [0, 0.05) is 56.6 Å². The van der Waals surface area contributed by atoms with E-state index < -0.39 is 0 Å². The third-order valence-electron chi connectivity index (χ3n) is 8.59. The van der Waals surface area contributed by atoms with Gasteiger partial charge >= 0.3 is 0 Å². The number of unbranched alkanes of at least 4 members (excludes halogenated alkanes) is 1. The Hall–Kier alpha value is -1.44. The normalized spacial score (nSPS) is 23.5. The number of anilines is 2. The van der Waals surface area contributed by atoms with Gasteiger partial charge in [0.25, 0.3) is 0 Å². The maximum absolute atomic E-state index is 9.33. The molecule has 1 aliphatic carbocycles. The second kappa shape index (κ2) is 11.7. The van der Waals surface area contributed by atoms with Crippen LogP contribution in [0.5, 0.6) is 0 Å². The molecular weight excluding hydrogens is 452 g/mol. The van der Waals surface area contributed by atoms with Crippen molar-refractivity contribution in [2.75, 3.05) is 55.6 Å². The van der Waals surface area contributed by atoms with Crippen LogP contribution in [-0.4, -0.2) is 50.7 Å². The zero-order valence-corrected chi connectivity index (χ0v) is 23.8. The predicted molar refractivity (Wildman–Crippen MR) is 152 cm³/mol. The molecule has 4 rings (SSSR count). The van der Waals surface area contributed by atoms with E-state index in [1.807, 2.05) is 0 Å². The van der Waals surface area contributed by atoms with Crippen molar-refractivity contribution in [3.05, 3.63) is 23.8 Å². The third-order valence-corrected chi connectivity index (χ3v) is 8.59. The van der Waals surface area contributed by atoms with Crippen LogP contribution in [0.1, 0.15) is 91.0 Å². The van der Waals surface area contributed by atoms with E-state index in [1.165, 1.54) is 63.1 Å². The zero-order valence-electron chi connectivity index (χ0n) is 23.0. The molecule has 1 aromatic carbocycles. The van der Waals surface area contributed by atoms with Gasteiger partial charge in [0.1, 0.15) is 0 Å². The summed E-state index contributed by atoms with van der Waals surface area (Å²) >= 11 is 0. The van der Waals surface area contributed by atoms with Crippen LogP contribution in [0.3, 0.4) is 0 Å². The molecule has 196 valence electrons. The minimum absolute atomic E-state index is 0. The van der Waals surface area contributed by atoms with E-state index in [9.17, 15) is 5.26 Å². The van der Waals surface area contributed by atoms with Crippen molar-refractivity contribution in [3.8, 4) is 6.07 Å². The number of nitrogens with zero attached hydrogens (tertiary/aromatic N) is 4. The Morgan fingerprint density at radius 2 is 1.54 bits per heavy atom. The van der Waals surface area contributed by atoms with Crippen molar-refractivity contribution in [3.63, 3.8) is 0 Å². The first kappa shape index (κ1) is 28.1. The Morgan fingerprint density at radius 1 is 0.914 bits per heavy atom. The summed E-state index contributed by atoms with van der Waals surface area (Å²) in [5.41, 5.74) is 5.21. The highest BCUT2D eigenvalue weighted by Gasteiger charge is 2.40. The fourth-order valence-corrected chi connectivity index (χ4v) is 7.28. The number of hydrogen-bond donors (Lipinski definition) is 0. The highest BCUT2D eigenvalue weighted by molar-refractivity contribution is 5.85. The van der Waals surface area contributed by atoms with E-state index in [0.717, 1.165) is 39.0 Å². The minimum Gasteiger partial charge on any atom is -0.371 e. The maximum atomic E-state index is 9.33. The van der Waals surface area contributed by atoms with E-state index >= 15 is 0 Å². The van der Waals surface area contributed by atoms with Crippen LogP contribution >= 0.6 is 12.4 Å². The first-order valence-corrected chi connectivity index (χ1v) is 14.0. The minimum atomic E-state index is 0. The van der Waals surface area contributed by atoms with E-state index in [4.69, 9.17) is 0 Å². The van der Waals surface area contributed by atoms with Crippen LogP contribution in [0.2, 0.25) is 0 Å². The van der Waals surface area contributed by atoms with E-state index in [-0.39, 0.29) is 18.3 Å². The summed E-state index contributed by atoms with van der Waals surface area (Å²) in [4.78, 5) is 7.86. The van der Waals surface area contributed by atoms with Crippen LogP contribution in [0, 0.1) is 28.1 Å². The molecule has 3 aliphatic rings. The Balaban J connectivity index is 0.00000342. The lowest BCUT2D eigenvalue weighted by Crippen LogP contribution is -2.47. The SMILES string of the molecule is CCCCN1CCN(c2ccc(N3CCC(C#N)CC3)cc2C2CC(C)(C)CC(C)(C)C2)CC1.Cl. The first-order chi connectivity index (χ1) is 16.2. The lowest BCUT2D eigenvalue weighted by molar-refractivity contribution is 0.0970. The van der Waals surface area contributed by atoms with Gasteiger partial charge in [0.2, 0.25) is 0 Å². The van der Waals surface area contributed by atoms with E-state index in [2.05, 4.69) is 73.6 Å². The quantitative estimate of drug-likeness (QED) is 0.417. The molecule has 1 aromatic rings. The molecule has 2 heterocycles. The maximum Gasteiger partial charge on any atom is 0.0657 e. The third kappa shape index (κ3) is 7.07. The molecule has 0 radical (unpaired) electrons. The summed E-state index contributed by atoms with van der Waals surface area (Å²) in [7, 11) is 0. The van der Waals surface area contributed by atoms with E-state index in [1.54, 1.807) is 5.56 Å². The standard InChI is InChI=1S/C30H48N4.ClH/c1-6-7-12-32-15-17-34(18-16-32)28-9-8-26(33-13-10-24(22-31)11-14-33)19-27(28)25-20-29(2,3)23-30(4,5)21-25;/h8-9,19,24-25H,6-7,10-18,20-21,23H2,1-5H3;1H. The van der Waals surface area contributed by atoms with Crippen molar-refractivity contribution < 1.29 is 0 Å². The van der Waals surface area contributed by atoms with Crippen molar-refractivity contribution >= 4 is 23.8 Å². The van der Waals surface area contributed by atoms with Gasteiger partial charge in [-0.3, -0.25) is 4.90 Å². The van der Waals surface area contributed by atoms with Crippen LogP contribution in [0.15, 0.2) is 18.2 Å². The number of hydrogen-bond acceptors (Lipinski definition) is 4. The van der Waals surface area contributed by atoms with Crippen molar-refractivity contribution in [1.82, 2.24) is 4.90 Å². The monoisotopic (exact) mass is 500 g/mol. The van der Waals surface area contributed by atoms with Gasteiger partial charge in [-0.1, -0.05) is 41.0 Å². The van der Waals surface area contributed by atoms with Gasteiger partial charge in [0.05, 0.1) is 6.07 Å². The molecule has 0 unspecified atom stereocenters. The molecule has 0 bridgehead atoms. The average Bonchev–Trinajstić information content (AvgIpc) is 2.81. The molecule has 2 saturated heterocycles. The lowest BCUT2D eigenvalue weighted by atomic mass is 9.60. The molecule has 2 aliphatic heterocycles. The molecule has 0 amide bonds. The van der Waals surface area contributed by atoms with Crippen LogP contribution in [0.4, 0.5) is 11.4 Å². The smallest absolute Gasteiger partial charge is 0.0657 e. The van der Waals surface area contributed by atoms with E-state index in [0.29, 0.717) is 16.7 Å². The predicted octanol–water partition coefficient (Wildman–Crippen LogP) is 7.09. The molecule has 0 spiro atoms. The first-order valence-electron chi connectivity index (χ1n) is 14.0. The molecule has 5 heteroatoms. The number of halogens is 1. The van der Waals surface area contributed by atoms with Gasteiger partial charge in [-0.05, 0) is 85.6 Å². The highest BCUT2D eigenvalue weighted by Crippen LogP contribution is 2.53. The summed E-state index contributed by atoms with van der Waals surface area (Å²) in [6.45, 7) is 20.1. The number of rotatable bonds is 6. The molecular formula is C30H49ClN4. The lowest BCUT2D eigenvalue weighted by Gasteiger charge is -2.46. The number of piperidine rings is 1. The van der Waals surface area contributed by atoms with Gasteiger partial charge in [0.15, 0.2) is 0 Å². The molecule has 3 fully saturated rings. The van der Waals surface area contributed by atoms with Gasteiger partial charge < -0.3 is 9.80 Å². The Bertz CT molecular complexity index is 842. The molecule has 0 aromatic heterocycles. The van der Waals surface area contributed by atoms with Gasteiger partial charge in [-0.2, -0.15) is 5.26 Å². The van der Waals surface area contributed by atoms with Crippen LogP contribution < -0.4 is 9.80 Å². The second-order valence-electron chi connectivity index (χ2n) is 12.9. The molecule has 0 N–H and O–H groups in total. The van der Waals surface area contributed by atoms with Crippen molar-refractivity contribution in [2.45, 2.75) is 85.5 Å². The highest BCUT2D eigenvalue weighted by atomic mass is 35.5.